The van der Waals surface area contributed by atoms with Crippen LogP contribution in [0.2, 0.25) is 0 Å². The molecule has 1 rings (SSSR count). The highest BCUT2D eigenvalue weighted by Crippen LogP contribution is 2.31. The van der Waals surface area contributed by atoms with E-state index in [0.29, 0.717) is 6.29 Å². The molecule has 2 unspecified atom stereocenters. The van der Waals surface area contributed by atoms with Gasteiger partial charge in [0.1, 0.15) is 17.4 Å². The molecule has 0 saturated carbocycles. The summed E-state index contributed by atoms with van der Waals surface area (Å²) in [6, 6.07) is 0. The Morgan fingerprint density at radius 3 is 2.67 bits per heavy atom. The van der Waals surface area contributed by atoms with E-state index in [1.807, 2.05) is 0 Å². The first-order chi connectivity index (χ1) is 6.97. The summed E-state index contributed by atoms with van der Waals surface area (Å²) >= 11 is 2.98. The van der Waals surface area contributed by atoms with E-state index in [1.54, 1.807) is 6.92 Å². The third-order valence-electron chi connectivity index (χ3n) is 2.29. The van der Waals surface area contributed by atoms with Gasteiger partial charge in [0.05, 0.1) is 12.0 Å². The van der Waals surface area contributed by atoms with E-state index in [-0.39, 0.29) is 0 Å². The minimum absolute atomic E-state index is 0.483. The number of carbonyl (C=O) groups is 2. The van der Waals surface area contributed by atoms with Crippen LogP contribution in [0, 0.1) is 5.92 Å². The van der Waals surface area contributed by atoms with Crippen molar-refractivity contribution in [1.82, 2.24) is 0 Å². The van der Waals surface area contributed by atoms with Gasteiger partial charge in [-0.2, -0.15) is 0 Å². The fourth-order valence-corrected chi connectivity index (χ4v) is 2.16. The number of carbonyl (C=O) groups excluding carboxylic acids is 2. The van der Waals surface area contributed by atoms with Gasteiger partial charge in [-0.3, -0.25) is 4.79 Å². The fraction of sp³-hybridized carbons (Fsp3) is 0.778. The van der Waals surface area contributed by atoms with Crippen molar-refractivity contribution in [3.8, 4) is 0 Å². The Balaban J connectivity index is 2.82. The van der Waals surface area contributed by atoms with E-state index in [2.05, 4.69) is 15.9 Å². The number of aldehydes is 1. The molecule has 4 nitrogen and oxygen atoms in total. The molecule has 0 radical (unpaired) electrons. The average molecular weight is 283 g/mol. The van der Waals surface area contributed by atoms with Gasteiger partial charge in [0.15, 0.2) is 6.17 Å². The molecule has 6 heteroatoms. The van der Waals surface area contributed by atoms with Crippen LogP contribution in [0.15, 0.2) is 0 Å². The average Bonchev–Trinajstić information content (AvgIpc) is 2.13. The maximum Gasteiger partial charge on any atom is 0.303 e. The molecule has 0 aromatic rings. The summed E-state index contributed by atoms with van der Waals surface area (Å²) < 4.78 is 23.5. The summed E-state index contributed by atoms with van der Waals surface area (Å²) in [5.74, 6) is -1.37. The minimum Gasteiger partial charge on any atom is -0.458 e. The second kappa shape index (κ2) is 5.03. The summed E-state index contributed by atoms with van der Waals surface area (Å²) in [7, 11) is 0. The molecule has 1 saturated heterocycles. The lowest BCUT2D eigenvalue weighted by molar-refractivity contribution is -0.178. The highest BCUT2D eigenvalue weighted by molar-refractivity contribution is 9.09. The Labute approximate surface area is 95.2 Å². The van der Waals surface area contributed by atoms with E-state index in [4.69, 9.17) is 9.47 Å². The molecule has 0 aliphatic carbocycles. The molecular weight excluding hydrogens is 271 g/mol. The maximum atomic E-state index is 13.6. The van der Waals surface area contributed by atoms with Crippen LogP contribution in [-0.2, 0) is 19.1 Å². The molecule has 1 aliphatic heterocycles. The highest BCUT2D eigenvalue weighted by Gasteiger charge is 2.45. The van der Waals surface area contributed by atoms with Crippen LogP contribution in [-0.4, -0.2) is 35.6 Å². The van der Waals surface area contributed by atoms with Crippen LogP contribution in [0.1, 0.15) is 13.8 Å². The van der Waals surface area contributed by atoms with Crippen molar-refractivity contribution in [2.24, 2.45) is 5.92 Å². The van der Waals surface area contributed by atoms with E-state index in [1.165, 1.54) is 6.92 Å². The number of hydrogen-bond acceptors (Lipinski definition) is 4. The predicted molar refractivity (Wildman–Crippen MR) is 53.3 cm³/mol. The van der Waals surface area contributed by atoms with Crippen LogP contribution in [0.25, 0.3) is 0 Å². The number of esters is 1. The molecule has 5 atom stereocenters. The topological polar surface area (TPSA) is 52.6 Å². The zero-order chi connectivity index (χ0) is 11.6. The second-order valence-electron chi connectivity index (χ2n) is 3.42. The summed E-state index contributed by atoms with van der Waals surface area (Å²) in [6.45, 7) is 2.81. The Morgan fingerprint density at radius 2 is 2.20 bits per heavy atom. The largest absolute Gasteiger partial charge is 0.458 e. The first-order valence-corrected chi connectivity index (χ1v) is 5.45. The number of rotatable bonds is 2. The monoisotopic (exact) mass is 282 g/mol. The molecular formula is C9H12BrFO4. The zero-order valence-electron chi connectivity index (χ0n) is 8.35. The quantitative estimate of drug-likeness (QED) is 0.434. The standard InChI is InChI=1S/C9H12BrFO4/c1-4-6(3-12)8(15-5(2)13)7(11)9(10)14-4/h3-4,6-9H,1-2H3/t4-,6+,7?,8+,9?/m0/s1. The van der Waals surface area contributed by atoms with Gasteiger partial charge in [-0.05, 0) is 6.92 Å². The van der Waals surface area contributed by atoms with Crippen LogP contribution in [0.4, 0.5) is 4.39 Å². The van der Waals surface area contributed by atoms with Gasteiger partial charge < -0.3 is 14.3 Å². The number of halogens is 2. The number of hydrogen-bond donors (Lipinski definition) is 0. The molecule has 86 valence electrons. The number of alkyl halides is 2. The molecule has 0 bridgehead atoms. The van der Waals surface area contributed by atoms with Crippen molar-refractivity contribution in [2.75, 3.05) is 0 Å². The minimum atomic E-state index is -1.54. The molecule has 1 fully saturated rings. The molecule has 0 spiro atoms. The summed E-state index contributed by atoms with van der Waals surface area (Å²) in [4.78, 5) is 21.5. The predicted octanol–water partition coefficient (Wildman–Crippen LogP) is 1.21. The van der Waals surface area contributed by atoms with Crippen molar-refractivity contribution in [2.45, 2.75) is 37.2 Å². The molecule has 1 aliphatic rings. The van der Waals surface area contributed by atoms with E-state index >= 15 is 0 Å². The Bertz CT molecular complexity index is 260. The smallest absolute Gasteiger partial charge is 0.303 e. The summed E-state index contributed by atoms with van der Waals surface area (Å²) in [5.41, 5.74) is 0. The number of ether oxygens (including phenoxy) is 2. The van der Waals surface area contributed by atoms with Gasteiger partial charge in [-0.15, -0.1) is 0 Å². The summed E-state index contributed by atoms with van der Waals surface area (Å²) in [5, 5.41) is -0.854. The normalized spacial score (nSPS) is 40.9. The van der Waals surface area contributed by atoms with Gasteiger partial charge in [-0.1, -0.05) is 15.9 Å². The van der Waals surface area contributed by atoms with E-state index < -0.39 is 35.3 Å². The molecule has 1 heterocycles. The lowest BCUT2D eigenvalue weighted by Gasteiger charge is -2.37. The molecule has 0 aromatic carbocycles. The van der Waals surface area contributed by atoms with Crippen LogP contribution in [0.3, 0.4) is 0 Å². The van der Waals surface area contributed by atoms with Crippen molar-refractivity contribution in [3.05, 3.63) is 0 Å². The van der Waals surface area contributed by atoms with Gasteiger partial charge in [0, 0.05) is 6.92 Å². The first kappa shape index (κ1) is 12.6. The van der Waals surface area contributed by atoms with Crippen molar-refractivity contribution in [1.29, 1.82) is 0 Å². The third kappa shape index (κ3) is 2.75. The molecule has 0 aromatic heterocycles. The van der Waals surface area contributed by atoms with Crippen molar-refractivity contribution in [3.63, 3.8) is 0 Å². The summed E-state index contributed by atoms with van der Waals surface area (Å²) in [6.07, 6.45) is -2.54. The Hall–Kier alpha value is -0.490. The van der Waals surface area contributed by atoms with E-state index in [9.17, 15) is 14.0 Å². The van der Waals surface area contributed by atoms with Crippen molar-refractivity contribution >= 4 is 28.2 Å². The van der Waals surface area contributed by atoms with Crippen LogP contribution >= 0.6 is 15.9 Å². The molecule has 0 N–H and O–H groups in total. The van der Waals surface area contributed by atoms with Gasteiger partial charge in [-0.25, -0.2) is 4.39 Å². The van der Waals surface area contributed by atoms with Crippen LogP contribution < -0.4 is 0 Å². The maximum absolute atomic E-state index is 13.6. The molecule has 0 amide bonds. The van der Waals surface area contributed by atoms with Gasteiger partial charge >= 0.3 is 5.97 Å². The van der Waals surface area contributed by atoms with Gasteiger partial charge in [0.2, 0.25) is 0 Å². The third-order valence-corrected chi connectivity index (χ3v) is 3.01. The zero-order valence-corrected chi connectivity index (χ0v) is 9.94. The highest BCUT2D eigenvalue weighted by atomic mass is 79.9. The lowest BCUT2D eigenvalue weighted by atomic mass is 9.92. The van der Waals surface area contributed by atoms with Gasteiger partial charge in [0.25, 0.3) is 0 Å². The Kier molecular flexibility index (Phi) is 4.21. The SMILES string of the molecule is CC(=O)O[C@H]1C(F)C(Br)O[C@@H](C)[C@H]1C=O. The second-order valence-corrected chi connectivity index (χ2v) is 4.33. The van der Waals surface area contributed by atoms with E-state index in [0.717, 1.165) is 0 Å². The fourth-order valence-electron chi connectivity index (χ4n) is 1.52. The first-order valence-electron chi connectivity index (χ1n) is 4.53. The Morgan fingerprint density at radius 1 is 1.60 bits per heavy atom. The van der Waals surface area contributed by atoms with Crippen LogP contribution in [0.5, 0.6) is 0 Å². The molecule has 15 heavy (non-hydrogen) atoms. The van der Waals surface area contributed by atoms with Crippen molar-refractivity contribution < 1.29 is 23.5 Å². The lowest BCUT2D eigenvalue weighted by Crippen LogP contribution is -2.51.